The Balaban J connectivity index is 1.69. The number of imidazole rings is 1. The van der Waals surface area contributed by atoms with Gasteiger partial charge in [0, 0.05) is 37.9 Å². The molecule has 1 amide bonds. The van der Waals surface area contributed by atoms with E-state index in [4.69, 9.17) is 4.52 Å². The van der Waals surface area contributed by atoms with Gasteiger partial charge in [0.1, 0.15) is 17.1 Å². The summed E-state index contributed by atoms with van der Waals surface area (Å²) in [6.07, 6.45) is 7.07. The number of aryl methyl sites for hydroxylation is 3. The second-order valence-electron chi connectivity index (χ2n) is 7.43. The highest BCUT2D eigenvalue weighted by atomic mass is 16.5. The van der Waals surface area contributed by atoms with Gasteiger partial charge in [-0.25, -0.2) is 4.98 Å². The molecule has 1 unspecified atom stereocenters. The molecule has 26 heavy (non-hydrogen) atoms. The molecule has 7 nitrogen and oxygen atoms in total. The molecular weight excluding hydrogens is 330 g/mol. The van der Waals surface area contributed by atoms with Gasteiger partial charge in [-0.05, 0) is 53.8 Å². The van der Waals surface area contributed by atoms with E-state index in [2.05, 4.69) is 39.9 Å². The average molecular weight is 359 g/mol. The van der Waals surface area contributed by atoms with E-state index < -0.39 is 0 Å². The number of hydrogen-bond acceptors (Lipinski definition) is 5. The Hall–Kier alpha value is -2.15. The number of hydrogen-bond donors (Lipinski definition) is 0. The Morgan fingerprint density at radius 2 is 2.19 bits per heavy atom. The van der Waals surface area contributed by atoms with Gasteiger partial charge in [0.25, 0.3) is 5.91 Å². The van der Waals surface area contributed by atoms with Crippen molar-refractivity contribution in [1.82, 2.24) is 24.5 Å². The zero-order chi connectivity index (χ0) is 18.7. The molecular formula is C19H29N5O2. The van der Waals surface area contributed by atoms with E-state index in [9.17, 15) is 4.79 Å². The number of carbonyl (C=O) groups excluding carboxylic acids is 1. The van der Waals surface area contributed by atoms with Gasteiger partial charge in [-0.2, -0.15) is 0 Å². The van der Waals surface area contributed by atoms with Crippen LogP contribution in [0.5, 0.6) is 0 Å². The summed E-state index contributed by atoms with van der Waals surface area (Å²) >= 11 is 0. The summed E-state index contributed by atoms with van der Waals surface area (Å²) in [5.74, 6) is 2.00. The summed E-state index contributed by atoms with van der Waals surface area (Å²) < 4.78 is 7.42. The van der Waals surface area contributed by atoms with E-state index >= 15 is 0 Å². The second-order valence-corrected chi connectivity index (χ2v) is 7.43. The minimum atomic E-state index is 0.0247. The monoisotopic (exact) mass is 359 g/mol. The van der Waals surface area contributed by atoms with Crippen LogP contribution in [0.1, 0.15) is 52.8 Å². The maximum atomic E-state index is 12.9. The number of rotatable bonds is 6. The van der Waals surface area contributed by atoms with E-state index in [1.165, 1.54) is 0 Å². The number of aromatic nitrogens is 3. The summed E-state index contributed by atoms with van der Waals surface area (Å²) in [6, 6.07) is 0. The van der Waals surface area contributed by atoms with Crippen LogP contribution in [0.25, 0.3) is 0 Å². The molecule has 1 atom stereocenters. The van der Waals surface area contributed by atoms with E-state index in [1.54, 1.807) is 6.92 Å². The van der Waals surface area contributed by atoms with Crippen LogP contribution in [0.15, 0.2) is 16.9 Å². The van der Waals surface area contributed by atoms with Crippen LogP contribution in [0.3, 0.4) is 0 Å². The fourth-order valence-corrected chi connectivity index (χ4v) is 3.75. The minimum Gasteiger partial charge on any atom is -0.361 e. The Kier molecular flexibility index (Phi) is 5.76. The van der Waals surface area contributed by atoms with Crippen molar-refractivity contribution in [3.8, 4) is 0 Å². The summed E-state index contributed by atoms with van der Waals surface area (Å²) in [5, 5.41) is 3.92. The highest BCUT2D eigenvalue weighted by Crippen LogP contribution is 2.28. The first-order chi connectivity index (χ1) is 12.5. The third-order valence-corrected chi connectivity index (χ3v) is 5.07. The fraction of sp³-hybridized carbons (Fsp3) is 0.632. The lowest BCUT2D eigenvalue weighted by Crippen LogP contribution is -2.40. The van der Waals surface area contributed by atoms with E-state index in [-0.39, 0.29) is 11.8 Å². The molecule has 3 rings (SSSR count). The maximum absolute atomic E-state index is 12.9. The molecule has 0 bridgehead atoms. The van der Waals surface area contributed by atoms with Crippen molar-refractivity contribution in [2.45, 2.75) is 45.6 Å². The predicted molar refractivity (Wildman–Crippen MR) is 99.3 cm³/mol. The zero-order valence-corrected chi connectivity index (χ0v) is 16.2. The van der Waals surface area contributed by atoms with Crippen molar-refractivity contribution < 1.29 is 9.32 Å². The van der Waals surface area contributed by atoms with Gasteiger partial charge < -0.3 is 18.9 Å². The van der Waals surface area contributed by atoms with Gasteiger partial charge in [0.2, 0.25) is 0 Å². The number of amides is 1. The van der Waals surface area contributed by atoms with Gasteiger partial charge in [0.15, 0.2) is 0 Å². The Morgan fingerprint density at radius 1 is 1.38 bits per heavy atom. The highest BCUT2D eigenvalue weighted by Gasteiger charge is 2.30. The summed E-state index contributed by atoms with van der Waals surface area (Å²) in [7, 11) is 4.18. The van der Waals surface area contributed by atoms with Gasteiger partial charge in [-0.3, -0.25) is 4.79 Å². The van der Waals surface area contributed by atoms with E-state index in [1.807, 2.05) is 18.0 Å². The molecule has 0 radical (unpaired) electrons. The van der Waals surface area contributed by atoms with Crippen molar-refractivity contribution in [3.63, 3.8) is 0 Å². The van der Waals surface area contributed by atoms with Crippen molar-refractivity contribution >= 4 is 5.91 Å². The predicted octanol–water partition coefficient (Wildman–Crippen LogP) is 2.46. The molecule has 7 heteroatoms. The topological polar surface area (TPSA) is 67.4 Å². The lowest BCUT2D eigenvalue weighted by molar-refractivity contribution is 0.0700. The molecule has 1 aliphatic rings. The quantitative estimate of drug-likeness (QED) is 0.792. The molecule has 0 aliphatic carbocycles. The van der Waals surface area contributed by atoms with Gasteiger partial charge in [0.05, 0.1) is 5.69 Å². The summed E-state index contributed by atoms with van der Waals surface area (Å²) in [4.78, 5) is 21.7. The molecule has 2 aromatic rings. The lowest BCUT2D eigenvalue weighted by Gasteiger charge is -2.32. The van der Waals surface area contributed by atoms with Crippen molar-refractivity contribution in [3.05, 3.63) is 35.2 Å². The molecule has 3 heterocycles. The molecule has 0 N–H and O–H groups in total. The van der Waals surface area contributed by atoms with E-state index in [0.717, 1.165) is 44.7 Å². The molecule has 0 aromatic carbocycles. The molecule has 1 fully saturated rings. The molecule has 1 saturated heterocycles. The van der Waals surface area contributed by atoms with Crippen LogP contribution in [0, 0.1) is 13.8 Å². The standard InChI is InChI=1S/C19H29N5O2/c1-14-17(15(2)26-21-14)19(25)24-10-5-7-16(13-24)18-20-8-12-23(18)11-6-9-22(3)4/h8,12,16H,5-7,9-11,13H2,1-4H3. The number of likely N-dealkylation sites (tertiary alicyclic amines) is 1. The van der Waals surface area contributed by atoms with Crippen LogP contribution >= 0.6 is 0 Å². The third-order valence-electron chi connectivity index (χ3n) is 5.07. The van der Waals surface area contributed by atoms with E-state index in [0.29, 0.717) is 23.6 Å². The van der Waals surface area contributed by atoms with Crippen LogP contribution in [0.4, 0.5) is 0 Å². The number of nitrogens with zero attached hydrogens (tertiary/aromatic N) is 5. The third kappa shape index (κ3) is 3.98. The van der Waals surface area contributed by atoms with Gasteiger partial charge in [-0.15, -0.1) is 0 Å². The summed E-state index contributed by atoms with van der Waals surface area (Å²) in [5.41, 5.74) is 1.28. The second kappa shape index (κ2) is 8.03. The fourth-order valence-electron chi connectivity index (χ4n) is 3.75. The first-order valence-corrected chi connectivity index (χ1v) is 9.35. The minimum absolute atomic E-state index is 0.0247. The van der Waals surface area contributed by atoms with Gasteiger partial charge >= 0.3 is 0 Å². The Morgan fingerprint density at radius 3 is 2.88 bits per heavy atom. The van der Waals surface area contributed by atoms with Crippen LogP contribution in [0.2, 0.25) is 0 Å². The number of piperidine rings is 1. The lowest BCUT2D eigenvalue weighted by atomic mass is 9.96. The van der Waals surface area contributed by atoms with Crippen molar-refractivity contribution in [2.24, 2.45) is 0 Å². The summed E-state index contributed by atoms with van der Waals surface area (Å²) in [6.45, 7) is 7.11. The maximum Gasteiger partial charge on any atom is 0.259 e. The smallest absolute Gasteiger partial charge is 0.259 e. The van der Waals surface area contributed by atoms with Crippen molar-refractivity contribution in [2.75, 3.05) is 33.7 Å². The molecule has 142 valence electrons. The van der Waals surface area contributed by atoms with Crippen molar-refractivity contribution in [1.29, 1.82) is 0 Å². The van der Waals surface area contributed by atoms with Gasteiger partial charge in [-0.1, -0.05) is 5.16 Å². The Bertz CT molecular complexity index is 729. The van der Waals surface area contributed by atoms with Crippen LogP contribution in [-0.2, 0) is 6.54 Å². The molecule has 1 aliphatic heterocycles. The number of carbonyl (C=O) groups is 1. The largest absolute Gasteiger partial charge is 0.361 e. The SMILES string of the molecule is Cc1noc(C)c1C(=O)N1CCCC(c2nccn2CCCN(C)C)C1. The zero-order valence-electron chi connectivity index (χ0n) is 16.2. The van der Waals surface area contributed by atoms with Crippen LogP contribution < -0.4 is 0 Å². The molecule has 2 aromatic heterocycles. The highest BCUT2D eigenvalue weighted by molar-refractivity contribution is 5.96. The first-order valence-electron chi connectivity index (χ1n) is 9.35. The molecule has 0 saturated carbocycles. The normalized spacial score (nSPS) is 17.9. The Labute approximate surface area is 155 Å². The average Bonchev–Trinajstić information content (AvgIpc) is 3.21. The first kappa shape index (κ1) is 18.6. The molecule has 0 spiro atoms. The van der Waals surface area contributed by atoms with Crippen LogP contribution in [-0.4, -0.2) is 64.1 Å².